The summed E-state index contributed by atoms with van der Waals surface area (Å²) in [4.78, 5) is 48.9. The molecule has 0 saturated carbocycles. The molecular weight excluding hydrogens is 602 g/mol. The number of benzene rings is 2. The Balaban J connectivity index is 0.000000804. The van der Waals surface area contributed by atoms with Crippen molar-refractivity contribution in [1.82, 2.24) is 14.8 Å². The Morgan fingerprint density at radius 3 is 2.08 bits per heavy atom. The van der Waals surface area contributed by atoms with Gasteiger partial charge < -0.3 is 14.8 Å². The first kappa shape index (κ1) is 37.9. The molecule has 0 saturated heterocycles. The fraction of sp³-hybridized carbons (Fsp3) is 0.462. The predicted octanol–water partition coefficient (Wildman–Crippen LogP) is 4.06. The molecule has 0 radical (unpaired) electrons. The molecule has 1 unspecified atom stereocenters. The zero-order valence-electron chi connectivity index (χ0n) is 30.3. The Kier molecular flexibility index (Phi) is 12.0. The molecule has 9 heteroatoms. The molecule has 2 atom stereocenters. The van der Waals surface area contributed by atoms with Crippen molar-refractivity contribution < 1.29 is 24.5 Å². The average molecular weight is 656 g/mol. The van der Waals surface area contributed by atoms with Crippen LogP contribution in [0.3, 0.4) is 0 Å². The normalized spacial score (nSPS) is 17.0. The van der Waals surface area contributed by atoms with Crippen molar-refractivity contribution in [2.24, 2.45) is 17.1 Å². The molecule has 3 aromatic rings. The fourth-order valence-corrected chi connectivity index (χ4v) is 5.51. The SMILES string of the molecule is CC(C)(C)C(=O)[O-].CC(C)CC[C@]1(c2ccccc2)[NH+]=C(N)N(Cc2ccc(C(C)(C)C)c(C(=O)N(C)C(C)c3ccncc3)c2)C1=O. The van der Waals surface area contributed by atoms with Gasteiger partial charge in [0.25, 0.3) is 5.91 Å². The van der Waals surface area contributed by atoms with Gasteiger partial charge in [-0.2, -0.15) is 4.90 Å². The molecule has 4 rings (SSSR count). The summed E-state index contributed by atoms with van der Waals surface area (Å²) in [5.41, 5.74) is 9.00. The van der Waals surface area contributed by atoms with Crippen molar-refractivity contribution in [3.63, 3.8) is 0 Å². The number of carbonyl (C=O) groups excluding carboxylic acids is 3. The smallest absolute Gasteiger partial charge is 0.352 e. The van der Waals surface area contributed by atoms with Gasteiger partial charge >= 0.3 is 11.9 Å². The number of pyridine rings is 1. The number of carboxylic acid groups (broad SMARTS) is 1. The number of aromatic nitrogens is 1. The van der Waals surface area contributed by atoms with Gasteiger partial charge in [0.05, 0.1) is 6.04 Å². The molecule has 3 N–H and O–H groups in total. The number of hydrogen-bond acceptors (Lipinski definition) is 6. The van der Waals surface area contributed by atoms with Crippen LogP contribution in [0.5, 0.6) is 0 Å². The van der Waals surface area contributed by atoms with Crippen molar-refractivity contribution in [1.29, 1.82) is 0 Å². The molecule has 1 aliphatic heterocycles. The van der Waals surface area contributed by atoms with Crippen LogP contribution in [0.4, 0.5) is 0 Å². The predicted molar refractivity (Wildman–Crippen MR) is 187 cm³/mol. The van der Waals surface area contributed by atoms with E-state index >= 15 is 0 Å². The topological polar surface area (TPSA) is 134 Å². The highest BCUT2D eigenvalue weighted by Gasteiger charge is 2.53. The summed E-state index contributed by atoms with van der Waals surface area (Å²) in [5, 5.41) is 9.91. The van der Waals surface area contributed by atoms with Crippen LogP contribution < -0.4 is 15.8 Å². The fourth-order valence-electron chi connectivity index (χ4n) is 5.51. The summed E-state index contributed by atoms with van der Waals surface area (Å²) in [5.74, 6) is -0.380. The molecule has 0 aliphatic carbocycles. The summed E-state index contributed by atoms with van der Waals surface area (Å²) in [6.45, 7) is 17.7. The van der Waals surface area contributed by atoms with Crippen LogP contribution >= 0.6 is 0 Å². The van der Waals surface area contributed by atoms with Gasteiger partial charge in [0.15, 0.2) is 0 Å². The van der Waals surface area contributed by atoms with E-state index in [1.54, 1.807) is 43.0 Å². The average Bonchev–Trinajstić information content (AvgIpc) is 3.27. The Morgan fingerprint density at radius 1 is 0.979 bits per heavy atom. The van der Waals surface area contributed by atoms with Crippen molar-refractivity contribution in [3.8, 4) is 0 Å². The van der Waals surface area contributed by atoms with Crippen molar-refractivity contribution >= 4 is 23.7 Å². The van der Waals surface area contributed by atoms with E-state index in [2.05, 4.69) is 44.6 Å². The third-order valence-electron chi connectivity index (χ3n) is 8.77. The van der Waals surface area contributed by atoms with Crippen molar-refractivity contribution in [2.75, 3.05) is 7.05 Å². The second kappa shape index (κ2) is 15.1. The highest BCUT2D eigenvalue weighted by molar-refractivity contribution is 6.02. The number of aliphatic carboxylic acids is 1. The lowest BCUT2D eigenvalue weighted by Gasteiger charge is -2.29. The quantitative estimate of drug-likeness (QED) is 0.357. The standard InChI is InChI=1S/C34H43N5O2.C5H10O2/c1-23(2)15-18-34(27-11-9-8-10-12-27)31(41)39(32(35)37-34)22-25-13-14-29(33(4,5)6)28(21-25)30(40)38(7)24(3)26-16-19-36-20-17-26;1-5(2,3)4(6)7/h8-14,16-17,19-21,23-24H,15,18,22H2,1-7H3,(H2,35,37);1-3H3,(H,6,7)/t24?,34-;/m1./s1. The van der Waals surface area contributed by atoms with E-state index in [4.69, 9.17) is 5.73 Å². The molecule has 48 heavy (non-hydrogen) atoms. The minimum absolute atomic E-state index is 0.0699. The second-order valence-electron chi connectivity index (χ2n) is 15.1. The number of carbonyl (C=O) groups is 3. The maximum absolute atomic E-state index is 14.1. The van der Waals surface area contributed by atoms with Crippen LogP contribution in [0.15, 0.2) is 73.1 Å². The zero-order valence-corrected chi connectivity index (χ0v) is 30.3. The Morgan fingerprint density at radius 2 is 1.56 bits per heavy atom. The molecule has 1 aliphatic rings. The first-order valence-corrected chi connectivity index (χ1v) is 16.6. The summed E-state index contributed by atoms with van der Waals surface area (Å²) in [6, 6.07) is 19.5. The molecule has 2 amide bonds. The van der Waals surface area contributed by atoms with Gasteiger partial charge in [-0.05, 0) is 66.0 Å². The number of rotatable bonds is 9. The van der Waals surface area contributed by atoms with E-state index in [1.807, 2.05) is 74.6 Å². The van der Waals surface area contributed by atoms with Gasteiger partial charge in [-0.15, -0.1) is 0 Å². The van der Waals surface area contributed by atoms with Crippen molar-refractivity contribution in [2.45, 2.75) is 98.7 Å². The summed E-state index contributed by atoms with van der Waals surface area (Å²) in [7, 11) is 1.83. The van der Waals surface area contributed by atoms with Crippen LogP contribution in [-0.2, 0) is 27.1 Å². The maximum Gasteiger partial charge on any atom is 0.352 e. The van der Waals surface area contributed by atoms with E-state index in [0.717, 1.165) is 28.7 Å². The van der Waals surface area contributed by atoms with E-state index in [9.17, 15) is 19.5 Å². The van der Waals surface area contributed by atoms with E-state index in [0.29, 0.717) is 23.9 Å². The van der Waals surface area contributed by atoms with Crippen LogP contribution in [0.25, 0.3) is 0 Å². The number of amides is 2. The number of nitrogens with one attached hydrogen (secondary N) is 1. The monoisotopic (exact) mass is 655 g/mol. The van der Waals surface area contributed by atoms with Crippen LogP contribution in [0, 0.1) is 11.3 Å². The van der Waals surface area contributed by atoms with Gasteiger partial charge in [0.2, 0.25) is 5.54 Å². The van der Waals surface area contributed by atoms with E-state index in [1.165, 1.54) is 0 Å². The molecule has 2 heterocycles. The van der Waals surface area contributed by atoms with Crippen LogP contribution in [0.1, 0.15) is 114 Å². The minimum Gasteiger partial charge on any atom is -0.550 e. The highest BCUT2D eigenvalue weighted by Crippen LogP contribution is 2.32. The lowest BCUT2D eigenvalue weighted by molar-refractivity contribution is -0.540. The molecule has 2 aromatic carbocycles. The molecule has 1 aromatic heterocycles. The number of guanidine groups is 1. The van der Waals surface area contributed by atoms with Crippen LogP contribution in [0.2, 0.25) is 0 Å². The Bertz CT molecular complexity index is 1610. The zero-order chi connectivity index (χ0) is 36.0. The number of nitrogens with zero attached hydrogens (tertiary/aromatic N) is 3. The lowest BCUT2D eigenvalue weighted by atomic mass is 9.82. The number of carboxylic acids is 1. The molecule has 9 nitrogen and oxygen atoms in total. The van der Waals surface area contributed by atoms with Gasteiger partial charge in [-0.25, -0.2) is 0 Å². The maximum atomic E-state index is 14.1. The Hall–Kier alpha value is -4.53. The molecule has 258 valence electrons. The third kappa shape index (κ3) is 8.88. The van der Waals surface area contributed by atoms with Gasteiger partial charge in [0.1, 0.15) is 6.54 Å². The van der Waals surface area contributed by atoms with Gasteiger partial charge in [0, 0.05) is 42.0 Å². The first-order chi connectivity index (χ1) is 22.3. The van der Waals surface area contributed by atoms with Gasteiger partial charge in [-0.1, -0.05) is 97.9 Å². The van der Waals surface area contributed by atoms with Crippen LogP contribution in [-0.4, -0.2) is 45.6 Å². The molecular formula is C39H53N5O4. The summed E-state index contributed by atoms with van der Waals surface area (Å²) in [6.07, 6.45) is 4.98. The van der Waals surface area contributed by atoms with E-state index in [-0.39, 0.29) is 29.8 Å². The van der Waals surface area contributed by atoms with Gasteiger partial charge in [-0.3, -0.25) is 25.3 Å². The minimum atomic E-state index is -1.01. The number of nitrogens with two attached hydrogens (primary N) is 1. The summed E-state index contributed by atoms with van der Waals surface area (Å²) < 4.78 is 0. The highest BCUT2D eigenvalue weighted by atomic mass is 16.4. The largest absolute Gasteiger partial charge is 0.550 e. The van der Waals surface area contributed by atoms with E-state index < -0.39 is 16.9 Å². The van der Waals surface area contributed by atoms with Crippen molar-refractivity contribution in [3.05, 3.63) is 101 Å². The number of hydrogen-bond donors (Lipinski definition) is 2. The lowest BCUT2D eigenvalue weighted by Crippen LogP contribution is -2.85. The first-order valence-electron chi connectivity index (χ1n) is 16.6. The molecule has 0 bridgehead atoms. The third-order valence-corrected chi connectivity index (χ3v) is 8.77. The summed E-state index contributed by atoms with van der Waals surface area (Å²) >= 11 is 0. The molecule has 0 fully saturated rings. The Labute approximate surface area is 286 Å². The molecule has 0 spiro atoms. The second-order valence-corrected chi connectivity index (χ2v) is 15.1.